The summed E-state index contributed by atoms with van der Waals surface area (Å²) >= 11 is 0. The molecule has 10 nitrogen and oxygen atoms in total. The van der Waals surface area contributed by atoms with Crippen LogP contribution < -0.4 is 16.1 Å². The molecule has 2 aromatic rings. The average Bonchev–Trinajstić information content (AvgIpc) is 2.83. The molecule has 2 aromatic heterocycles. The van der Waals surface area contributed by atoms with E-state index in [0.717, 1.165) is 0 Å². The number of carbonyl (C=O) groups is 1. The van der Waals surface area contributed by atoms with Gasteiger partial charge in [-0.1, -0.05) is 0 Å². The molecule has 10 heteroatoms. The number of carboxylic acid groups (broad SMARTS) is 1. The van der Waals surface area contributed by atoms with E-state index < -0.39 is 23.8 Å². The summed E-state index contributed by atoms with van der Waals surface area (Å²) < 4.78 is 8.22. The number of hydrogen-bond donors (Lipinski definition) is 2. The van der Waals surface area contributed by atoms with Crippen LogP contribution in [0.5, 0.6) is 0 Å². The molecule has 2 N–H and O–H groups in total. The molecule has 0 amide bonds. The number of hydrogen-bond acceptors (Lipinski definition) is 6. The number of morpholine rings is 1. The van der Waals surface area contributed by atoms with Gasteiger partial charge in [-0.3, -0.25) is 23.7 Å². The van der Waals surface area contributed by atoms with Crippen LogP contribution in [0.15, 0.2) is 9.59 Å². The van der Waals surface area contributed by atoms with E-state index in [4.69, 9.17) is 4.74 Å². The number of nitrogens with one attached hydrogen (secondary N) is 1. The number of ether oxygens (including phenoxy) is 1. The van der Waals surface area contributed by atoms with Crippen LogP contribution in [0.1, 0.15) is 13.8 Å². The van der Waals surface area contributed by atoms with E-state index in [9.17, 15) is 19.5 Å². The molecule has 0 spiro atoms. The molecule has 130 valence electrons. The summed E-state index contributed by atoms with van der Waals surface area (Å²) in [5.74, 6) is -0.751. The number of carboxylic acids is 1. The zero-order chi connectivity index (χ0) is 17.6. The van der Waals surface area contributed by atoms with Gasteiger partial charge >= 0.3 is 11.7 Å². The van der Waals surface area contributed by atoms with Gasteiger partial charge in [0.1, 0.15) is 6.54 Å². The van der Waals surface area contributed by atoms with Crippen LogP contribution in [-0.4, -0.2) is 55.5 Å². The molecule has 1 fully saturated rings. The van der Waals surface area contributed by atoms with Crippen molar-refractivity contribution < 1.29 is 14.6 Å². The number of aromatic nitrogens is 4. The number of imidazole rings is 1. The first-order valence-electron chi connectivity index (χ1n) is 7.59. The minimum Gasteiger partial charge on any atom is -0.480 e. The highest BCUT2D eigenvalue weighted by molar-refractivity contribution is 5.78. The fraction of sp³-hybridized carbons (Fsp3) is 0.571. The van der Waals surface area contributed by atoms with Gasteiger partial charge < -0.3 is 14.7 Å². The van der Waals surface area contributed by atoms with Gasteiger partial charge in [0.25, 0.3) is 5.56 Å². The SMILES string of the molecule is CC1CN(c2nc3c(c(=O)[nH]c(=O)n3C)n2CC(=O)O)CC(C)O1. The maximum Gasteiger partial charge on any atom is 0.329 e. The smallest absolute Gasteiger partial charge is 0.329 e. The fourth-order valence-corrected chi connectivity index (χ4v) is 3.09. The highest BCUT2D eigenvalue weighted by Crippen LogP contribution is 2.23. The molecule has 0 radical (unpaired) electrons. The second kappa shape index (κ2) is 5.78. The van der Waals surface area contributed by atoms with E-state index in [1.165, 1.54) is 16.2 Å². The molecular formula is C14H19N5O5. The van der Waals surface area contributed by atoms with Crippen LogP contribution >= 0.6 is 0 Å². The van der Waals surface area contributed by atoms with Crippen LogP contribution in [0.3, 0.4) is 0 Å². The average molecular weight is 337 g/mol. The Morgan fingerprint density at radius 3 is 2.54 bits per heavy atom. The Kier molecular flexibility index (Phi) is 3.91. The predicted octanol–water partition coefficient (Wildman–Crippen LogP) is -0.878. The summed E-state index contributed by atoms with van der Waals surface area (Å²) in [4.78, 5) is 43.7. The summed E-state index contributed by atoms with van der Waals surface area (Å²) in [6, 6.07) is 0. The van der Waals surface area contributed by atoms with Crippen LogP contribution in [0.2, 0.25) is 0 Å². The molecule has 0 saturated carbocycles. The van der Waals surface area contributed by atoms with Crippen molar-refractivity contribution in [2.75, 3.05) is 18.0 Å². The van der Waals surface area contributed by atoms with E-state index in [2.05, 4.69) is 9.97 Å². The van der Waals surface area contributed by atoms with Gasteiger partial charge in [0, 0.05) is 20.1 Å². The molecule has 1 saturated heterocycles. The standard InChI is InChI=1S/C14H19N5O5/c1-7-4-18(5-8(2)24-7)13-15-11-10(19(13)6-9(20)21)12(22)16-14(23)17(11)3/h7-8H,4-6H2,1-3H3,(H,20,21)(H,16,22,23). The number of aromatic amines is 1. The second-order valence-electron chi connectivity index (χ2n) is 6.04. The summed E-state index contributed by atoms with van der Waals surface area (Å²) in [7, 11) is 1.48. The van der Waals surface area contributed by atoms with Gasteiger partial charge in [-0.2, -0.15) is 4.98 Å². The summed E-state index contributed by atoms with van der Waals surface area (Å²) in [5, 5.41) is 9.21. The number of aliphatic carboxylic acids is 1. The van der Waals surface area contributed by atoms with Crippen LogP contribution in [0.25, 0.3) is 11.2 Å². The Morgan fingerprint density at radius 1 is 1.33 bits per heavy atom. The third-order valence-electron chi connectivity index (χ3n) is 3.98. The number of H-pyrrole nitrogens is 1. The van der Waals surface area contributed by atoms with Crippen molar-refractivity contribution in [2.24, 2.45) is 7.05 Å². The van der Waals surface area contributed by atoms with E-state index in [1.807, 2.05) is 18.7 Å². The fourth-order valence-electron chi connectivity index (χ4n) is 3.09. The first kappa shape index (κ1) is 16.2. The monoisotopic (exact) mass is 337 g/mol. The number of aryl methyl sites for hydroxylation is 1. The van der Waals surface area contributed by atoms with Crippen molar-refractivity contribution in [3.05, 3.63) is 20.8 Å². The number of rotatable bonds is 3. The number of nitrogens with zero attached hydrogens (tertiary/aromatic N) is 4. The van der Waals surface area contributed by atoms with Gasteiger partial charge in [0.2, 0.25) is 5.95 Å². The maximum atomic E-state index is 12.2. The van der Waals surface area contributed by atoms with Crippen LogP contribution in [0.4, 0.5) is 5.95 Å². The minimum absolute atomic E-state index is 0.0612. The Labute approximate surface area is 136 Å². The largest absolute Gasteiger partial charge is 0.480 e. The Balaban J connectivity index is 2.25. The van der Waals surface area contributed by atoms with E-state index in [-0.39, 0.29) is 23.4 Å². The van der Waals surface area contributed by atoms with E-state index >= 15 is 0 Å². The summed E-state index contributed by atoms with van der Waals surface area (Å²) in [6.07, 6.45) is -0.122. The maximum absolute atomic E-state index is 12.2. The molecule has 0 aliphatic carbocycles. The number of fused-ring (bicyclic) bond motifs is 1. The van der Waals surface area contributed by atoms with Gasteiger partial charge in [-0.25, -0.2) is 4.79 Å². The summed E-state index contributed by atoms with van der Waals surface area (Å²) in [5.41, 5.74) is -1.02. The van der Waals surface area contributed by atoms with Crippen LogP contribution in [0, 0.1) is 0 Å². The normalized spacial score (nSPS) is 21.4. The molecule has 3 rings (SSSR count). The molecule has 0 bridgehead atoms. The lowest BCUT2D eigenvalue weighted by Gasteiger charge is -2.35. The van der Waals surface area contributed by atoms with Crippen molar-refractivity contribution >= 4 is 23.1 Å². The lowest BCUT2D eigenvalue weighted by atomic mass is 10.2. The molecule has 24 heavy (non-hydrogen) atoms. The van der Waals surface area contributed by atoms with Crippen molar-refractivity contribution in [3.63, 3.8) is 0 Å². The lowest BCUT2D eigenvalue weighted by molar-refractivity contribution is -0.137. The molecule has 2 atom stereocenters. The zero-order valence-electron chi connectivity index (χ0n) is 13.6. The minimum atomic E-state index is -1.10. The molecule has 3 heterocycles. The quantitative estimate of drug-likeness (QED) is 0.746. The molecule has 0 aromatic carbocycles. The highest BCUT2D eigenvalue weighted by atomic mass is 16.5. The van der Waals surface area contributed by atoms with Gasteiger partial charge in [-0.15, -0.1) is 0 Å². The van der Waals surface area contributed by atoms with Crippen molar-refractivity contribution in [3.8, 4) is 0 Å². The third-order valence-corrected chi connectivity index (χ3v) is 3.98. The Morgan fingerprint density at radius 2 is 1.96 bits per heavy atom. The van der Waals surface area contributed by atoms with Crippen molar-refractivity contribution in [2.45, 2.75) is 32.6 Å². The molecule has 1 aliphatic heterocycles. The Bertz CT molecular complexity index is 901. The second-order valence-corrected chi connectivity index (χ2v) is 6.04. The van der Waals surface area contributed by atoms with E-state index in [0.29, 0.717) is 19.0 Å². The van der Waals surface area contributed by atoms with E-state index in [1.54, 1.807) is 0 Å². The van der Waals surface area contributed by atoms with Crippen molar-refractivity contribution in [1.29, 1.82) is 0 Å². The van der Waals surface area contributed by atoms with Gasteiger partial charge in [0.15, 0.2) is 11.2 Å². The number of anilines is 1. The highest BCUT2D eigenvalue weighted by Gasteiger charge is 2.28. The topological polar surface area (TPSA) is 122 Å². The zero-order valence-corrected chi connectivity index (χ0v) is 13.6. The van der Waals surface area contributed by atoms with Crippen LogP contribution in [-0.2, 0) is 23.1 Å². The summed E-state index contributed by atoms with van der Waals surface area (Å²) in [6.45, 7) is 4.43. The Hall–Kier alpha value is -2.62. The molecular weight excluding hydrogens is 318 g/mol. The molecule has 1 aliphatic rings. The van der Waals surface area contributed by atoms with Gasteiger partial charge in [-0.05, 0) is 13.8 Å². The first-order valence-corrected chi connectivity index (χ1v) is 7.59. The van der Waals surface area contributed by atoms with Gasteiger partial charge in [0.05, 0.1) is 12.2 Å². The first-order chi connectivity index (χ1) is 11.3. The predicted molar refractivity (Wildman–Crippen MR) is 85.5 cm³/mol. The van der Waals surface area contributed by atoms with Crippen molar-refractivity contribution in [1.82, 2.24) is 19.1 Å². The third kappa shape index (κ3) is 2.68. The lowest BCUT2D eigenvalue weighted by Crippen LogP contribution is -2.46. The molecule has 2 unspecified atom stereocenters.